The van der Waals surface area contributed by atoms with Gasteiger partial charge >= 0.3 is 0 Å². The lowest BCUT2D eigenvalue weighted by molar-refractivity contribution is 0.498. The van der Waals surface area contributed by atoms with Crippen molar-refractivity contribution in [1.82, 2.24) is 5.32 Å². The molecule has 3 nitrogen and oxygen atoms in total. The summed E-state index contributed by atoms with van der Waals surface area (Å²) in [4.78, 5) is 0.502. The molecule has 1 aromatic rings. The molecule has 0 aromatic heterocycles. The Hall–Kier alpha value is -0.870. The molecule has 1 aliphatic heterocycles. The van der Waals surface area contributed by atoms with Crippen LogP contribution in [-0.2, 0) is 9.84 Å². The van der Waals surface area contributed by atoms with Crippen molar-refractivity contribution in [3.63, 3.8) is 0 Å². The number of fused-ring (bicyclic) bond motifs is 1. The summed E-state index contributed by atoms with van der Waals surface area (Å²) in [6.45, 7) is 5.20. The second kappa shape index (κ2) is 4.78. The molecule has 0 aliphatic carbocycles. The van der Waals surface area contributed by atoms with Crippen molar-refractivity contribution in [2.75, 3.05) is 12.3 Å². The molecule has 1 N–H and O–H groups in total. The average molecular weight is 253 g/mol. The molecule has 0 bridgehead atoms. The minimum atomic E-state index is -3.07. The Morgan fingerprint density at radius 2 is 2.06 bits per heavy atom. The first-order chi connectivity index (χ1) is 8.00. The monoisotopic (exact) mass is 253 g/mol. The fourth-order valence-electron chi connectivity index (χ4n) is 2.17. The maximum Gasteiger partial charge on any atom is 0.180 e. The van der Waals surface area contributed by atoms with Crippen molar-refractivity contribution in [3.8, 4) is 0 Å². The molecule has 2 rings (SSSR count). The third-order valence-electron chi connectivity index (χ3n) is 3.13. The van der Waals surface area contributed by atoms with E-state index < -0.39 is 9.84 Å². The zero-order valence-electron chi connectivity index (χ0n) is 10.3. The topological polar surface area (TPSA) is 46.2 Å². The quantitative estimate of drug-likeness (QED) is 0.894. The Labute approximate surface area is 103 Å². The first-order valence-corrected chi connectivity index (χ1v) is 7.71. The SMILES string of the molecule is CC(C)CCNC1CS(=O)(=O)c2ccccc21. The van der Waals surface area contributed by atoms with Gasteiger partial charge in [-0.15, -0.1) is 0 Å². The van der Waals surface area contributed by atoms with Gasteiger partial charge in [0, 0.05) is 6.04 Å². The summed E-state index contributed by atoms with van der Waals surface area (Å²) in [7, 11) is -3.07. The van der Waals surface area contributed by atoms with Gasteiger partial charge in [0.05, 0.1) is 10.6 Å². The van der Waals surface area contributed by atoms with Crippen LogP contribution in [0.1, 0.15) is 31.9 Å². The van der Waals surface area contributed by atoms with Crippen LogP contribution in [0.3, 0.4) is 0 Å². The van der Waals surface area contributed by atoms with Crippen molar-refractivity contribution in [2.45, 2.75) is 31.2 Å². The first-order valence-electron chi connectivity index (χ1n) is 6.06. The van der Waals surface area contributed by atoms with Crippen molar-refractivity contribution in [1.29, 1.82) is 0 Å². The van der Waals surface area contributed by atoms with Gasteiger partial charge in [-0.25, -0.2) is 8.42 Å². The summed E-state index contributed by atoms with van der Waals surface area (Å²) in [5, 5.41) is 3.35. The summed E-state index contributed by atoms with van der Waals surface area (Å²) in [6.07, 6.45) is 1.07. The van der Waals surface area contributed by atoms with E-state index in [1.165, 1.54) is 0 Å². The highest BCUT2D eigenvalue weighted by Gasteiger charge is 2.33. The predicted molar refractivity (Wildman–Crippen MR) is 68.7 cm³/mol. The number of hydrogen-bond acceptors (Lipinski definition) is 3. The highest BCUT2D eigenvalue weighted by atomic mass is 32.2. The van der Waals surface area contributed by atoms with Gasteiger partial charge in [-0.1, -0.05) is 32.0 Å². The Bertz CT molecular complexity index is 494. The molecule has 0 amide bonds. The second-order valence-electron chi connectivity index (χ2n) is 5.01. The fourth-order valence-corrected chi connectivity index (χ4v) is 3.94. The van der Waals surface area contributed by atoms with Gasteiger partial charge < -0.3 is 5.32 Å². The van der Waals surface area contributed by atoms with E-state index in [1.54, 1.807) is 12.1 Å². The van der Waals surface area contributed by atoms with E-state index in [-0.39, 0.29) is 11.8 Å². The number of rotatable bonds is 4. The van der Waals surface area contributed by atoms with E-state index in [1.807, 2.05) is 12.1 Å². The molecule has 0 saturated heterocycles. The Morgan fingerprint density at radius 3 is 2.76 bits per heavy atom. The molecule has 1 aliphatic rings. The number of hydrogen-bond donors (Lipinski definition) is 1. The largest absolute Gasteiger partial charge is 0.309 e. The van der Waals surface area contributed by atoms with E-state index in [0.29, 0.717) is 10.8 Å². The Balaban J connectivity index is 2.13. The third-order valence-corrected chi connectivity index (χ3v) is 4.94. The molecule has 1 unspecified atom stereocenters. The molecule has 4 heteroatoms. The number of nitrogens with one attached hydrogen (secondary N) is 1. The summed E-state index contributed by atoms with van der Waals surface area (Å²) in [6, 6.07) is 7.26. The minimum absolute atomic E-state index is 0.0325. The van der Waals surface area contributed by atoms with Crippen LogP contribution in [0.15, 0.2) is 29.2 Å². The van der Waals surface area contributed by atoms with E-state index >= 15 is 0 Å². The van der Waals surface area contributed by atoms with Crippen LogP contribution in [0.25, 0.3) is 0 Å². The van der Waals surface area contributed by atoms with Crippen molar-refractivity contribution >= 4 is 9.84 Å². The minimum Gasteiger partial charge on any atom is -0.309 e. The van der Waals surface area contributed by atoms with Crippen molar-refractivity contribution in [2.24, 2.45) is 5.92 Å². The molecule has 17 heavy (non-hydrogen) atoms. The van der Waals surface area contributed by atoms with Crippen molar-refractivity contribution < 1.29 is 8.42 Å². The smallest absolute Gasteiger partial charge is 0.180 e. The number of sulfone groups is 1. The van der Waals surface area contributed by atoms with Gasteiger partial charge in [0.1, 0.15) is 0 Å². The van der Waals surface area contributed by atoms with Gasteiger partial charge in [-0.3, -0.25) is 0 Å². The standard InChI is InChI=1S/C13H19NO2S/c1-10(2)7-8-14-12-9-17(15,16)13-6-4-3-5-11(12)13/h3-6,10,12,14H,7-9H2,1-2H3. The summed E-state index contributed by atoms with van der Waals surface area (Å²) < 4.78 is 23.8. The molecular formula is C13H19NO2S. The molecule has 1 heterocycles. The molecule has 1 aromatic carbocycles. The first kappa shape index (κ1) is 12.6. The van der Waals surface area contributed by atoms with Gasteiger partial charge in [0.2, 0.25) is 0 Å². The highest BCUT2D eigenvalue weighted by molar-refractivity contribution is 7.91. The summed E-state index contributed by atoms with van der Waals surface area (Å²) in [5.41, 5.74) is 0.927. The second-order valence-corrected chi connectivity index (χ2v) is 7.01. The lowest BCUT2D eigenvalue weighted by Gasteiger charge is -2.13. The molecule has 1 atom stereocenters. The normalized spacial score (nSPS) is 21.7. The summed E-state index contributed by atoms with van der Waals surface area (Å²) in [5.74, 6) is 0.834. The molecule has 0 saturated carbocycles. The van der Waals surface area contributed by atoms with E-state index in [0.717, 1.165) is 18.5 Å². The van der Waals surface area contributed by atoms with Crippen LogP contribution < -0.4 is 5.32 Å². The van der Waals surface area contributed by atoms with Gasteiger partial charge in [0.25, 0.3) is 0 Å². The highest BCUT2D eigenvalue weighted by Crippen LogP contribution is 2.32. The molecule has 0 fully saturated rings. The van der Waals surface area contributed by atoms with Crippen LogP contribution in [0.2, 0.25) is 0 Å². The fraction of sp³-hybridized carbons (Fsp3) is 0.538. The predicted octanol–water partition coefficient (Wildman–Crippen LogP) is 2.15. The molecular weight excluding hydrogens is 234 g/mol. The zero-order valence-corrected chi connectivity index (χ0v) is 11.1. The van der Waals surface area contributed by atoms with Crippen LogP contribution in [0.5, 0.6) is 0 Å². The van der Waals surface area contributed by atoms with Crippen molar-refractivity contribution in [3.05, 3.63) is 29.8 Å². The van der Waals surface area contributed by atoms with Gasteiger partial charge in [-0.2, -0.15) is 0 Å². The molecule has 0 radical (unpaired) electrons. The molecule has 0 spiro atoms. The van der Waals surface area contributed by atoms with Crippen LogP contribution in [0, 0.1) is 5.92 Å². The lowest BCUT2D eigenvalue weighted by Crippen LogP contribution is -2.24. The number of benzene rings is 1. The molecule has 94 valence electrons. The van der Waals surface area contributed by atoms with E-state index in [4.69, 9.17) is 0 Å². The van der Waals surface area contributed by atoms with E-state index in [9.17, 15) is 8.42 Å². The Kier molecular flexibility index (Phi) is 3.54. The lowest BCUT2D eigenvalue weighted by atomic mass is 10.1. The maximum atomic E-state index is 11.9. The van der Waals surface area contributed by atoms with Gasteiger partial charge in [-0.05, 0) is 30.5 Å². The maximum absolute atomic E-state index is 11.9. The van der Waals surface area contributed by atoms with Crippen LogP contribution >= 0.6 is 0 Å². The Morgan fingerprint density at radius 1 is 1.35 bits per heavy atom. The van der Waals surface area contributed by atoms with E-state index in [2.05, 4.69) is 19.2 Å². The van der Waals surface area contributed by atoms with Gasteiger partial charge in [0.15, 0.2) is 9.84 Å². The van der Waals surface area contributed by atoms with Crippen LogP contribution in [0.4, 0.5) is 0 Å². The summed E-state index contributed by atoms with van der Waals surface area (Å²) >= 11 is 0. The zero-order chi connectivity index (χ0) is 12.5. The van der Waals surface area contributed by atoms with Crippen LogP contribution in [-0.4, -0.2) is 20.7 Å². The third kappa shape index (κ3) is 2.69. The average Bonchev–Trinajstić information content (AvgIpc) is 2.51.